The maximum Gasteiger partial charge on any atom is 0.242 e. The summed E-state index contributed by atoms with van der Waals surface area (Å²) in [5.41, 5.74) is 0.246. The summed E-state index contributed by atoms with van der Waals surface area (Å²) in [6.07, 6.45) is 3.22. The van der Waals surface area contributed by atoms with Gasteiger partial charge in [0.25, 0.3) is 0 Å². The molecule has 1 aromatic carbocycles. The highest BCUT2D eigenvalue weighted by Gasteiger charge is 2.14. The molecule has 0 spiro atoms. The average Bonchev–Trinajstić information content (AvgIpc) is 2.81. The van der Waals surface area contributed by atoms with Crippen molar-refractivity contribution in [3.8, 4) is 0 Å². The van der Waals surface area contributed by atoms with Crippen molar-refractivity contribution in [3.05, 3.63) is 53.9 Å². The number of carbonyl (C=O) groups excluding carboxylic acids is 1. The van der Waals surface area contributed by atoms with Gasteiger partial charge in [-0.05, 0) is 19.1 Å². The summed E-state index contributed by atoms with van der Waals surface area (Å²) < 4.78 is 27.8. The zero-order chi connectivity index (χ0) is 13.8. The quantitative estimate of drug-likeness (QED) is 0.919. The van der Waals surface area contributed by atoms with Crippen LogP contribution in [0.1, 0.15) is 18.5 Å². The number of rotatable bonds is 4. The third-order valence-electron chi connectivity index (χ3n) is 2.67. The Labute approximate surface area is 109 Å². The Morgan fingerprint density at radius 1 is 1.47 bits per heavy atom. The zero-order valence-electron chi connectivity index (χ0n) is 10.3. The summed E-state index contributed by atoms with van der Waals surface area (Å²) in [6, 6.07) is 4.45. The van der Waals surface area contributed by atoms with E-state index in [1.807, 2.05) is 0 Å². The molecule has 2 rings (SSSR count). The lowest BCUT2D eigenvalue weighted by molar-refractivity contribution is -0.122. The molecule has 1 amide bonds. The van der Waals surface area contributed by atoms with Crippen molar-refractivity contribution >= 4 is 5.91 Å². The van der Waals surface area contributed by atoms with Gasteiger partial charge in [-0.3, -0.25) is 9.48 Å². The van der Waals surface area contributed by atoms with E-state index < -0.39 is 17.7 Å². The van der Waals surface area contributed by atoms with E-state index in [9.17, 15) is 13.6 Å². The minimum atomic E-state index is -0.674. The van der Waals surface area contributed by atoms with Crippen LogP contribution >= 0.6 is 0 Å². The smallest absolute Gasteiger partial charge is 0.242 e. The first-order chi connectivity index (χ1) is 9.06. The molecule has 0 bridgehead atoms. The summed E-state index contributed by atoms with van der Waals surface area (Å²) in [4.78, 5) is 11.7. The molecule has 2 aromatic rings. The van der Waals surface area contributed by atoms with Crippen molar-refractivity contribution in [2.24, 2.45) is 0 Å². The average molecular weight is 265 g/mol. The number of carbonyl (C=O) groups is 1. The van der Waals surface area contributed by atoms with Gasteiger partial charge < -0.3 is 5.32 Å². The predicted molar refractivity (Wildman–Crippen MR) is 65.1 cm³/mol. The lowest BCUT2D eigenvalue weighted by Gasteiger charge is -2.15. The van der Waals surface area contributed by atoms with E-state index >= 15 is 0 Å². The van der Waals surface area contributed by atoms with E-state index in [2.05, 4.69) is 10.4 Å². The fourth-order valence-corrected chi connectivity index (χ4v) is 1.76. The normalized spacial score (nSPS) is 12.2. The number of nitrogens with one attached hydrogen (secondary N) is 1. The molecule has 0 fully saturated rings. The van der Waals surface area contributed by atoms with Gasteiger partial charge >= 0.3 is 0 Å². The van der Waals surface area contributed by atoms with Crippen LogP contribution in [0.2, 0.25) is 0 Å². The highest BCUT2D eigenvalue weighted by molar-refractivity contribution is 5.76. The van der Waals surface area contributed by atoms with E-state index in [1.165, 1.54) is 10.7 Å². The molecule has 0 aliphatic rings. The number of hydrogen-bond acceptors (Lipinski definition) is 2. The Balaban J connectivity index is 2.00. The maximum absolute atomic E-state index is 13.5. The maximum atomic E-state index is 13.5. The van der Waals surface area contributed by atoms with Gasteiger partial charge in [0.05, 0.1) is 6.04 Å². The number of aromatic nitrogens is 2. The van der Waals surface area contributed by atoms with Crippen molar-refractivity contribution < 1.29 is 13.6 Å². The molecule has 0 aliphatic heterocycles. The van der Waals surface area contributed by atoms with Crippen molar-refractivity contribution in [2.45, 2.75) is 19.5 Å². The molecule has 1 atom stereocenters. The van der Waals surface area contributed by atoms with Gasteiger partial charge in [0, 0.05) is 24.0 Å². The number of benzene rings is 1. The van der Waals surface area contributed by atoms with E-state index in [-0.39, 0.29) is 18.0 Å². The van der Waals surface area contributed by atoms with Crippen molar-refractivity contribution in [2.75, 3.05) is 0 Å². The Morgan fingerprint density at radius 3 is 2.89 bits per heavy atom. The van der Waals surface area contributed by atoms with Crippen LogP contribution in [0.4, 0.5) is 8.78 Å². The molecule has 1 aromatic heterocycles. The van der Waals surface area contributed by atoms with Crippen molar-refractivity contribution in [1.29, 1.82) is 0 Å². The minimum absolute atomic E-state index is 0.0557. The SMILES string of the molecule is CC(NC(=O)Cn1cccn1)c1ccc(F)cc1F. The molecule has 19 heavy (non-hydrogen) atoms. The summed E-state index contributed by atoms with van der Waals surface area (Å²) >= 11 is 0. The monoisotopic (exact) mass is 265 g/mol. The van der Waals surface area contributed by atoms with Gasteiger partial charge in [-0.1, -0.05) is 6.07 Å². The Bertz CT molecular complexity index is 569. The van der Waals surface area contributed by atoms with Gasteiger partial charge in [0.15, 0.2) is 0 Å². The lowest BCUT2D eigenvalue weighted by Crippen LogP contribution is -2.30. The van der Waals surface area contributed by atoms with E-state index in [1.54, 1.807) is 25.4 Å². The van der Waals surface area contributed by atoms with Crippen molar-refractivity contribution in [3.63, 3.8) is 0 Å². The highest BCUT2D eigenvalue weighted by Crippen LogP contribution is 2.17. The summed E-state index contributed by atoms with van der Waals surface area (Å²) in [5, 5.41) is 6.53. The van der Waals surface area contributed by atoms with Crippen molar-refractivity contribution in [1.82, 2.24) is 15.1 Å². The Hall–Kier alpha value is -2.24. The second-order valence-electron chi connectivity index (χ2n) is 4.16. The van der Waals surface area contributed by atoms with Crippen LogP contribution in [0.5, 0.6) is 0 Å². The first kappa shape index (κ1) is 13.2. The Morgan fingerprint density at radius 2 is 2.26 bits per heavy atom. The third kappa shape index (κ3) is 3.37. The molecule has 0 saturated carbocycles. The lowest BCUT2D eigenvalue weighted by atomic mass is 10.1. The number of amides is 1. The van der Waals surface area contributed by atoms with Crippen LogP contribution in [0, 0.1) is 11.6 Å². The fourth-order valence-electron chi connectivity index (χ4n) is 1.76. The number of hydrogen-bond donors (Lipinski definition) is 1. The van der Waals surface area contributed by atoms with Crippen LogP contribution in [-0.4, -0.2) is 15.7 Å². The van der Waals surface area contributed by atoms with E-state index in [0.29, 0.717) is 0 Å². The molecule has 1 unspecified atom stereocenters. The summed E-state index contributed by atoms with van der Waals surface area (Å²) in [5.74, 6) is -1.61. The van der Waals surface area contributed by atoms with Crippen LogP contribution < -0.4 is 5.32 Å². The first-order valence-electron chi connectivity index (χ1n) is 5.78. The molecule has 100 valence electrons. The van der Waals surface area contributed by atoms with Crippen LogP contribution in [-0.2, 0) is 11.3 Å². The van der Waals surface area contributed by atoms with Crippen LogP contribution in [0.15, 0.2) is 36.7 Å². The van der Waals surface area contributed by atoms with E-state index in [0.717, 1.165) is 12.1 Å². The first-order valence-corrected chi connectivity index (χ1v) is 5.78. The number of nitrogens with zero attached hydrogens (tertiary/aromatic N) is 2. The largest absolute Gasteiger partial charge is 0.348 e. The molecular weight excluding hydrogens is 252 g/mol. The second-order valence-corrected chi connectivity index (χ2v) is 4.16. The Kier molecular flexibility index (Phi) is 3.89. The summed E-state index contributed by atoms with van der Waals surface area (Å²) in [7, 11) is 0. The van der Waals surface area contributed by atoms with Gasteiger partial charge in [0.1, 0.15) is 18.2 Å². The van der Waals surface area contributed by atoms with E-state index in [4.69, 9.17) is 0 Å². The number of halogens is 2. The molecule has 6 heteroatoms. The molecule has 4 nitrogen and oxygen atoms in total. The van der Waals surface area contributed by atoms with Gasteiger partial charge in [-0.15, -0.1) is 0 Å². The zero-order valence-corrected chi connectivity index (χ0v) is 10.3. The molecule has 1 heterocycles. The second kappa shape index (κ2) is 5.60. The molecular formula is C13H13F2N3O. The molecule has 1 N–H and O–H groups in total. The molecule has 0 radical (unpaired) electrons. The van der Waals surface area contributed by atoms with Gasteiger partial charge in [0.2, 0.25) is 5.91 Å². The predicted octanol–water partition coefficient (Wildman–Crippen LogP) is 2.04. The molecule has 0 saturated heterocycles. The minimum Gasteiger partial charge on any atom is -0.348 e. The van der Waals surface area contributed by atoms with Crippen LogP contribution in [0.25, 0.3) is 0 Å². The van der Waals surface area contributed by atoms with Gasteiger partial charge in [-0.25, -0.2) is 8.78 Å². The summed E-state index contributed by atoms with van der Waals surface area (Å²) in [6.45, 7) is 1.69. The fraction of sp³-hybridized carbons (Fsp3) is 0.231. The van der Waals surface area contributed by atoms with Gasteiger partial charge in [-0.2, -0.15) is 5.10 Å². The third-order valence-corrected chi connectivity index (χ3v) is 2.67. The molecule has 0 aliphatic carbocycles. The topological polar surface area (TPSA) is 46.9 Å². The van der Waals surface area contributed by atoms with Crippen LogP contribution in [0.3, 0.4) is 0 Å². The highest BCUT2D eigenvalue weighted by atomic mass is 19.1. The standard InChI is InChI=1S/C13H13F2N3O/c1-9(11-4-3-10(14)7-12(11)15)17-13(19)8-18-6-2-5-16-18/h2-7,9H,8H2,1H3,(H,17,19).